The molecule has 1 aliphatic carbocycles. The summed E-state index contributed by atoms with van der Waals surface area (Å²) in [7, 11) is 3.11. The molecule has 1 saturated carbocycles. The molecule has 1 aliphatic rings. The van der Waals surface area contributed by atoms with Crippen LogP contribution >= 0.6 is 0 Å². The maximum atomic E-state index is 12.2. The van der Waals surface area contributed by atoms with Crippen LogP contribution < -0.4 is 0 Å². The molecular weight excluding hydrogens is 218 g/mol. The molecule has 0 N–H and O–H groups in total. The van der Waals surface area contributed by atoms with Gasteiger partial charge in [0, 0.05) is 13.6 Å². The minimum atomic E-state index is -0.662. The summed E-state index contributed by atoms with van der Waals surface area (Å²) in [4.78, 5) is 25.5. The Morgan fingerprint density at radius 1 is 1.35 bits per heavy atom. The largest absolute Gasteiger partial charge is 0.468 e. The normalized spacial score (nSPS) is 17.5. The second kappa shape index (κ2) is 6.03. The summed E-state index contributed by atoms with van der Waals surface area (Å²) in [6.45, 7) is 4.51. The highest BCUT2D eigenvalue weighted by Crippen LogP contribution is 2.27. The number of carbonyl (C=O) groups is 2. The van der Waals surface area contributed by atoms with Crippen LogP contribution in [0, 0.1) is 17.8 Å². The zero-order valence-electron chi connectivity index (χ0n) is 11.2. The molecule has 4 nitrogen and oxygen atoms in total. The summed E-state index contributed by atoms with van der Waals surface area (Å²) >= 11 is 0. The van der Waals surface area contributed by atoms with Crippen molar-refractivity contribution in [2.75, 3.05) is 20.7 Å². The minimum absolute atomic E-state index is 0.0289. The van der Waals surface area contributed by atoms with Gasteiger partial charge in [-0.2, -0.15) is 0 Å². The van der Waals surface area contributed by atoms with Crippen LogP contribution in [0.3, 0.4) is 0 Å². The van der Waals surface area contributed by atoms with E-state index in [9.17, 15) is 9.59 Å². The van der Waals surface area contributed by atoms with Crippen LogP contribution in [-0.2, 0) is 14.3 Å². The van der Waals surface area contributed by atoms with Crippen LogP contribution in [0.2, 0.25) is 0 Å². The van der Waals surface area contributed by atoms with Gasteiger partial charge in [-0.15, -0.1) is 0 Å². The van der Waals surface area contributed by atoms with Gasteiger partial charge in [-0.1, -0.05) is 20.3 Å². The number of amides is 1. The van der Waals surface area contributed by atoms with Crippen LogP contribution in [0.5, 0.6) is 0 Å². The van der Waals surface area contributed by atoms with Crippen molar-refractivity contribution < 1.29 is 14.3 Å². The minimum Gasteiger partial charge on any atom is -0.468 e. The van der Waals surface area contributed by atoms with Crippen LogP contribution in [0.1, 0.15) is 33.1 Å². The quantitative estimate of drug-likeness (QED) is 0.543. The Balaban J connectivity index is 2.59. The second-order valence-corrected chi connectivity index (χ2v) is 5.26. The molecular formula is C13H23NO3. The third-order valence-corrected chi connectivity index (χ3v) is 3.52. The van der Waals surface area contributed by atoms with E-state index in [1.54, 1.807) is 11.9 Å². The van der Waals surface area contributed by atoms with E-state index in [2.05, 4.69) is 0 Å². The Labute approximate surface area is 103 Å². The summed E-state index contributed by atoms with van der Waals surface area (Å²) in [5, 5.41) is 0. The van der Waals surface area contributed by atoms with Crippen molar-refractivity contribution >= 4 is 11.9 Å². The fraction of sp³-hybridized carbons (Fsp3) is 0.846. The lowest BCUT2D eigenvalue weighted by molar-refractivity contribution is -0.155. The molecule has 0 radical (unpaired) electrons. The fourth-order valence-electron chi connectivity index (χ4n) is 2.18. The van der Waals surface area contributed by atoms with Crippen molar-refractivity contribution in [3.8, 4) is 0 Å². The van der Waals surface area contributed by atoms with Gasteiger partial charge in [0.1, 0.15) is 5.92 Å². The first-order valence-electron chi connectivity index (χ1n) is 6.30. The van der Waals surface area contributed by atoms with E-state index in [1.807, 2.05) is 13.8 Å². The van der Waals surface area contributed by atoms with Gasteiger partial charge in [0.15, 0.2) is 0 Å². The molecule has 1 amide bonds. The predicted octanol–water partition coefficient (Wildman–Crippen LogP) is 1.69. The summed E-state index contributed by atoms with van der Waals surface area (Å²) in [6, 6.07) is 0. The molecule has 0 aromatic carbocycles. The van der Waals surface area contributed by atoms with Crippen molar-refractivity contribution in [3.63, 3.8) is 0 Å². The molecule has 1 fully saturated rings. The zero-order chi connectivity index (χ0) is 13.0. The number of carbonyl (C=O) groups excluding carboxylic acids is 2. The Morgan fingerprint density at radius 3 is 2.29 bits per heavy atom. The van der Waals surface area contributed by atoms with E-state index >= 15 is 0 Å². The van der Waals surface area contributed by atoms with E-state index in [1.165, 1.54) is 26.4 Å². The maximum Gasteiger partial charge on any atom is 0.318 e. The third-order valence-electron chi connectivity index (χ3n) is 3.52. The molecule has 17 heavy (non-hydrogen) atoms. The van der Waals surface area contributed by atoms with Crippen molar-refractivity contribution in [2.24, 2.45) is 17.8 Å². The standard InChI is InChI=1S/C13H23NO3/c1-9(2)11(13(16)17-4)12(15)14(3)8-10-6-5-7-10/h9-11H,5-8H2,1-4H3. The first kappa shape index (κ1) is 14.0. The third kappa shape index (κ3) is 3.45. The number of esters is 1. The Kier molecular flexibility index (Phi) is 4.97. The molecule has 4 heteroatoms. The van der Waals surface area contributed by atoms with E-state index in [0.717, 1.165) is 6.54 Å². The van der Waals surface area contributed by atoms with E-state index in [0.29, 0.717) is 5.92 Å². The lowest BCUT2D eigenvalue weighted by atomic mass is 9.84. The number of nitrogens with zero attached hydrogens (tertiary/aromatic N) is 1. The van der Waals surface area contributed by atoms with Gasteiger partial charge in [-0.05, 0) is 24.7 Å². The van der Waals surface area contributed by atoms with Crippen LogP contribution in [0.4, 0.5) is 0 Å². The van der Waals surface area contributed by atoms with E-state index in [4.69, 9.17) is 4.74 Å². The molecule has 98 valence electrons. The molecule has 0 aromatic heterocycles. The van der Waals surface area contributed by atoms with Gasteiger partial charge >= 0.3 is 5.97 Å². The molecule has 0 aromatic rings. The summed E-state index contributed by atoms with van der Waals surface area (Å²) in [6.07, 6.45) is 3.65. The maximum absolute atomic E-state index is 12.2. The first-order chi connectivity index (χ1) is 7.97. The van der Waals surface area contributed by atoms with Crippen molar-refractivity contribution in [3.05, 3.63) is 0 Å². The molecule has 0 heterocycles. The average Bonchev–Trinajstić information content (AvgIpc) is 2.22. The van der Waals surface area contributed by atoms with Gasteiger partial charge in [-0.3, -0.25) is 9.59 Å². The molecule has 1 atom stereocenters. The highest BCUT2D eigenvalue weighted by Gasteiger charge is 2.34. The molecule has 0 spiro atoms. The molecule has 1 rings (SSSR count). The monoisotopic (exact) mass is 241 g/mol. The van der Waals surface area contributed by atoms with Crippen LogP contribution in [0.15, 0.2) is 0 Å². The van der Waals surface area contributed by atoms with Crippen molar-refractivity contribution in [1.29, 1.82) is 0 Å². The number of ether oxygens (including phenoxy) is 1. The Bertz CT molecular complexity index is 284. The first-order valence-corrected chi connectivity index (χ1v) is 6.30. The summed E-state index contributed by atoms with van der Waals surface area (Å²) in [5.74, 6) is -0.609. The Hall–Kier alpha value is -1.06. The highest BCUT2D eigenvalue weighted by molar-refractivity contribution is 5.97. The topological polar surface area (TPSA) is 46.6 Å². The van der Waals surface area contributed by atoms with Crippen molar-refractivity contribution in [2.45, 2.75) is 33.1 Å². The predicted molar refractivity (Wildman–Crippen MR) is 65.3 cm³/mol. The van der Waals surface area contributed by atoms with Gasteiger partial charge in [0.2, 0.25) is 5.91 Å². The van der Waals surface area contributed by atoms with Crippen LogP contribution in [0.25, 0.3) is 0 Å². The summed E-state index contributed by atoms with van der Waals surface area (Å²) < 4.78 is 4.70. The van der Waals surface area contributed by atoms with Gasteiger partial charge < -0.3 is 9.64 Å². The molecule has 0 aliphatic heterocycles. The number of methoxy groups -OCH3 is 1. The molecule has 1 unspecified atom stereocenters. The van der Waals surface area contributed by atoms with E-state index in [-0.39, 0.29) is 11.8 Å². The van der Waals surface area contributed by atoms with Gasteiger partial charge in [-0.25, -0.2) is 0 Å². The number of hydrogen-bond donors (Lipinski definition) is 0. The second-order valence-electron chi connectivity index (χ2n) is 5.26. The number of rotatable bonds is 5. The lowest BCUT2D eigenvalue weighted by Crippen LogP contribution is -2.43. The fourth-order valence-corrected chi connectivity index (χ4v) is 2.18. The van der Waals surface area contributed by atoms with Crippen molar-refractivity contribution in [1.82, 2.24) is 4.90 Å². The van der Waals surface area contributed by atoms with Gasteiger partial charge in [0.05, 0.1) is 7.11 Å². The van der Waals surface area contributed by atoms with E-state index < -0.39 is 11.9 Å². The van der Waals surface area contributed by atoms with Crippen LogP contribution in [-0.4, -0.2) is 37.5 Å². The average molecular weight is 241 g/mol. The van der Waals surface area contributed by atoms with Gasteiger partial charge in [0.25, 0.3) is 0 Å². The Morgan fingerprint density at radius 2 is 1.94 bits per heavy atom. The number of hydrogen-bond acceptors (Lipinski definition) is 3. The lowest BCUT2D eigenvalue weighted by Gasteiger charge is -2.32. The highest BCUT2D eigenvalue weighted by atomic mass is 16.5. The zero-order valence-corrected chi connectivity index (χ0v) is 11.2. The SMILES string of the molecule is COC(=O)C(C(=O)N(C)CC1CCC1)C(C)C. The molecule has 0 bridgehead atoms. The summed E-state index contributed by atoms with van der Waals surface area (Å²) in [5.41, 5.74) is 0. The smallest absolute Gasteiger partial charge is 0.318 e. The molecule has 0 saturated heterocycles.